The highest BCUT2D eigenvalue weighted by atomic mass is 35.5. The van der Waals surface area contributed by atoms with E-state index in [1.807, 2.05) is 42.5 Å². The molecule has 0 saturated carbocycles. The molecule has 0 fully saturated rings. The van der Waals surface area contributed by atoms with Crippen LogP contribution in [0.25, 0.3) is 17.0 Å². The van der Waals surface area contributed by atoms with Crippen molar-refractivity contribution in [3.63, 3.8) is 0 Å². The zero-order valence-electron chi connectivity index (χ0n) is 16.1. The molecule has 1 aliphatic heterocycles. The maximum absolute atomic E-state index is 12.6. The van der Waals surface area contributed by atoms with E-state index in [1.165, 1.54) is 0 Å². The van der Waals surface area contributed by atoms with Gasteiger partial charge >= 0.3 is 0 Å². The zero-order chi connectivity index (χ0) is 19.7. The Balaban J connectivity index is 1.61. The quantitative estimate of drug-likeness (QED) is 0.599. The third kappa shape index (κ3) is 3.71. The highest BCUT2D eigenvalue weighted by Crippen LogP contribution is 2.36. The summed E-state index contributed by atoms with van der Waals surface area (Å²) < 4.78 is 6.08. The number of carbonyl (C=O) groups is 1. The van der Waals surface area contributed by atoms with E-state index in [1.54, 1.807) is 24.1 Å². The van der Waals surface area contributed by atoms with Gasteiger partial charge in [-0.2, -0.15) is 0 Å². The molecule has 28 heavy (non-hydrogen) atoms. The number of benzene rings is 2. The largest absolute Gasteiger partial charge is 0.456 e. The summed E-state index contributed by atoms with van der Waals surface area (Å²) in [4.78, 5) is 16.5. The molecule has 0 bridgehead atoms. The average Bonchev–Trinajstić information content (AvgIpc) is 2.92. The fourth-order valence-electron chi connectivity index (χ4n) is 3.72. The molecule has 144 valence electrons. The van der Waals surface area contributed by atoms with Crippen molar-refractivity contribution in [3.8, 4) is 0 Å². The Morgan fingerprint density at radius 3 is 2.79 bits per heavy atom. The predicted octanol–water partition coefficient (Wildman–Crippen LogP) is 4.75. The first-order valence-electron chi connectivity index (χ1n) is 9.41. The Hall–Kier alpha value is -2.56. The van der Waals surface area contributed by atoms with Gasteiger partial charge < -0.3 is 14.2 Å². The van der Waals surface area contributed by atoms with Crippen LogP contribution in [0, 0.1) is 0 Å². The number of hydrogen-bond acceptors (Lipinski definition) is 3. The van der Waals surface area contributed by atoms with Gasteiger partial charge in [0.2, 0.25) is 5.91 Å². The molecule has 0 N–H and O–H groups in total. The molecule has 0 unspecified atom stereocenters. The van der Waals surface area contributed by atoms with Crippen LogP contribution in [0.3, 0.4) is 0 Å². The molecule has 2 heterocycles. The minimum atomic E-state index is -0.0586. The highest BCUT2D eigenvalue weighted by molar-refractivity contribution is 6.32. The Morgan fingerprint density at radius 2 is 2.00 bits per heavy atom. The molecule has 5 heteroatoms. The molecule has 0 spiro atoms. The Labute approximate surface area is 170 Å². The van der Waals surface area contributed by atoms with E-state index >= 15 is 0 Å². The van der Waals surface area contributed by atoms with Crippen LogP contribution in [0.5, 0.6) is 0 Å². The summed E-state index contributed by atoms with van der Waals surface area (Å²) in [5.41, 5.74) is 4.16. The zero-order valence-corrected chi connectivity index (χ0v) is 16.9. The fraction of sp³-hybridized carbons (Fsp3) is 0.261. The van der Waals surface area contributed by atoms with Gasteiger partial charge in [-0.1, -0.05) is 41.9 Å². The van der Waals surface area contributed by atoms with Crippen molar-refractivity contribution < 1.29 is 9.21 Å². The molecule has 0 aliphatic carbocycles. The second-order valence-electron chi connectivity index (χ2n) is 7.34. The summed E-state index contributed by atoms with van der Waals surface area (Å²) in [5, 5.41) is 1.88. The number of likely N-dealkylation sites (N-methyl/N-ethyl adjacent to an activating group) is 2. The monoisotopic (exact) mass is 394 g/mol. The first-order valence-corrected chi connectivity index (χ1v) is 9.79. The summed E-state index contributed by atoms with van der Waals surface area (Å²) in [7, 11) is 3.89. The first kappa shape index (κ1) is 18.8. The smallest absolute Gasteiger partial charge is 0.246 e. The second-order valence-corrected chi connectivity index (χ2v) is 7.75. The number of furan rings is 1. The Bertz CT molecular complexity index is 1040. The van der Waals surface area contributed by atoms with Crippen molar-refractivity contribution >= 4 is 34.6 Å². The van der Waals surface area contributed by atoms with E-state index in [9.17, 15) is 4.79 Å². The van der Waals surface area contributed by atoms with Gasteiger partial charge in [-0.3, -0.25) is 4.79 Å². The molecule has 4 rings (SSSR count). The summed E-state index contributed by atoms with van der Waals surface area (Å²) in [5.74, 6) is 0.672. The van der Waals surface area contributed by atoms with E-state index < -0.39 is 0 Å². The van der Waals surface area contributed by atoms with E-state index in [0.717, 1.165) is 58.0 Å². The number of nitrogens with zero attached hydrogens (tertiary/aromatic N) is 2. The molecule has 0 atom stereocenters. The van der Waals surface area contributed by atoms with E-state index in [-0.39, 0.29) is 5.91 Å². The number of carbonyl (C=O) groups excluding carboxylic acids is 1. The Morgan fingerprint density at radius 1 is 1.21 bits per heavy atom. The highest BCUT2D eigenvalue weighted by Gasteiger charge is 2.22. The van der Waals surface area contributed by atoms with Crippen LogP contribution >= 0.6 is 11.6 Å². The molecule has 0 radical (unpaired) electrons. The van der Waals surface area contributed by atoms with Crippen LogP contribution < -0.4 is 0 Å². The normalized spacial score (nSPS) is 14.5. The van der Waals surface area contributed by atoms with Gasteiger partial charge in [-0.25, -0.2) is 0 Å². The minimum Gasteiger partial charge on any atom is -0.456 e. The van der Waals surface area contributed by atoms with Crippen LogP contribution in [0.15, 0.2) is 53.0 Å². The van der Waals surface area contributed by atoms with Gasteiger partial charge in [0.05, 0.1) is 0 Å². The Kier molecular flexibility index (Phi) is 5.25. The SMILES string of the molecule is CN1CCc2c(Cl)ccc3oc(/C=C/C(=O)N(C)Cc4ccccc4)c(c23)C1. The van der Waals surface area contributed by atoms with Gasteiger partial charge in [0.1, 0.15) is 11.3 Å². The first-order chi connectivity index (χ1) is 13.5. The molecule has 2 aromatic carbocycles. The molecular weight excluding hydrogens is 372 g/mol. The summed E-state index contributed by atoms with van der Waals surface area (Å²) in [6.45, 7) is 2.28. The fourth-order valence-corrected chi connectivity index (χ4v) is 3.97. The van der Waals surface area contributed by atoms with E-state index in [0.29, 0.717) is 6.54 Å². The lowest BCUT2D eigenvalue weighted by molar-refractivity contribution is -0.125. The van der Waals surface area contributed by atoms with E-state index in [4.69, 9.17) is 16.0 Å². The molecule has 1 amide bonds. The maximum Gasteiger partial charge on any atom is 0.246 e. The predicted molar refractivity (Wildman–Crippen MR) is 113 cm³/mol. The van der Waals surface area contributed by atoms with Crippen LogP contribution in [0.1, 0.15) is 22.5 Å². The van der Waals surface area contributed by atoms with Crippen LogP contribution in [-0.4, -0.2) is 36.3 Å². The summed E-state index contributed by atoms with van der Waals surface area (Å²) in [6.07, 6.45) is 4.26. The van der Waals surface area contributed by atoms with Crippen molar-refractivity contribution in [1.29, 1.82) is 0 Å². The molecule has 3 aromatic rings. The van der Waals surface area contributed by atoms with Gasteiger partial charge in [0.25, 0.3) is 0 Å². The minimum absolute atomic E-state index is 0.0586. The van der Waals surface area contributed by atoms with Gasteiger partial charge in [-0.05, 0) is 42.8 Å². The lowest BCUT2D eigenvalue weighted by Crippen LogP contribution is -2.24. The molecule has 1 aromatic heterocycles. The molecule has 4 nitrogen and oxygen atoms in total. The molecular formula is C23H23ClN2O2. The number of rotatable bonds is 4. The number of amides is 1. The van der Waals surface area contributed by atoms with Gasteiger partial charge in [-0.15, -0.1) is 0 Å². The average molecular weight is 395 g/mol. The summed E-state index contributed by atoms with van der Waals surface area (Å²) in [6, 6.07) is 13.8. The van der Waals surface area contributed by atoms with Crippen LogP contribution in [0.4, 0.5) is 0 Å². The van der Waals surface area contributed by atoms with Crippen molar-refractivity contribution in [2.24, 2.45) is 0 Å². The van der Waals surface area contributed by atoms with Crippen molar-refractivity contribution in [2.75, 3.05) is 20.6 Å². The van der Waals surface area contributed by atoms with Gasteiger partial charge in [0, 0.05) is 48.7 Å². The van der Waals surface area contributed by atoms with Crippen LogP contribution in [0.2, 0.25) is 5.02 Å². The third-order valence-corrected chi connectivity index (χ3v) is 5.58. The third-order valence-electron chi connectivity index (χ3n) is 5.22. The lowest BCUT2D eigenvalue weighted by Gasteiger charge is -2.15. The van der Waals surface area contributed by atoms with Gasteiger partial charge in [0.15, 0.2) is 0 Å². The van der Waals surface area contributed by atoms with Crippen LogP contribution in [-0.2, 0) is 24.3 Å². The van der Waals surface area contributed by atoms with Crippen molar-refractivity contribution in [1.82, 2.24) is 9.80 Å². The number of hydrogen-bond donors (Lipinski definition) is 0. The number of halogens is 1. The second kappa shape index (κ2) is 7.82. The lowest BCUT2D eigenvalue weighted by atomic mass is 10.0. The van der Waals surface area contributed by atoms with Crippen molar-refractivity contribution in [3.05, 3.63) is 76.0 Å². The summed E-state index contributed by atoms with van der Waals surface area (Å²) >= 11 is 6.45. The standard InChI is InChI=1S/C23H23ClN2O2/c1-25-13-12-17-19(24)8-9-21-23(17)18(15-25)20(28-21)10-11-22(27)26(2)14-16-6-4-3-5-7-16/h3-11H,12-15H2,1-2H3/b11-10+. The molecule has 1 aliphatic rings. The topological polar surface area (TPSA) is 36.7 Å². The molecule has 0 saturated heterocycles. The van der Waals surface area contributed by atoms with E-state index in [2.05, 4.69) is 11.9 Å². The maximum atomic E-state index is 12.6. The van der Waals surface area contributed by atoms with Crippen molar-refractivity contribution in [2.45, 2.75) is 19.5 Å².